The summed E-state index contributed by atoms with van der Waals surface area (Å²) in [6.45, 7) is 0.755. The van der Waals surface area contributed by atoms with Gasteiger partial charge in [0.25, 0.3) is 0 Å². The van der Waals surface area contributed by atoms with Crippen LogP contribution in [0.1, 0.15) is 0 Å². The van der Waals surface area contributed by atoms with Gasteiger partial charge in [-0.1, -0.05) is 11.6 Å². The Morgan fingerprint density at radius 1 is 1.29 bits per heavy atom. The molecule has 5 nitrogen and oxygen atoms in total. The number of hydrazine groups is 1. The molecule has 0 unspecified atom stereocenters. The second-order valence-corrected chi connectivity index (χ2v) is 6.77. The molecule has 2 aliphatic heterocycles. The number of allylic oxidation sites excluding steroid dienone is 1. The normalized spacial score (nSPS) is 15.9. The van der Waals surface area contributed by atoms with E-state index in [2.05, 4.69) is 22.3 Å². The van der Waals surface area contributed by atoms with Gasteiger partial charge >= 0.3 is 0 Å². The first-order valence-corrected chi connectivity index (χ1v) is 9.13. The van der Waals surface area contributed by atoms with Crippen LogP contribution in [0.25, 0.3) is 11.3 Å². The predicted molar refractivity (Wildman–Crippen MR) is 100 cm³/mol. The molecule has 0 radical (unpaired) electrons. The summed E-state index contributed by atoms with van der Waals surface area (Å²) in [7, 11) is 1.94. The van der Waals surface area contributed by atoms with Gasteiger partial charge in [-0.2, -0.15) is 5.10 Å². The molecule has 0 saturated carbocycles. The van der Waals surface area contributed by atoms with Crippen LogP contribution >= 0.6 is 23.4 Å². The zero-order valence-electron chi connectivity index (χ0n) is 13.3. The van der Waals surface area contributed by atoms with Gasteiger partial charge in [-0.15, -0.1) is 11.8 Å². The molecule has 0 aliphatic carbocycles. The van der Waals surface area contributed by atoms with Crippen LogP contribution in [-0.2, 0) is 7.05 Å². The van der Waals surface area contributed by atoms with Gasteiger partial charge in [0.15, 0.2) is 0 Å². The summed E-state index contributed by atoms with van der Waals surface area (Å²) in [5.74, 6) is 0.934. The molecule has 122 valence electrons. The lowest BCUT2D eigenvalue weighted by Crippen LogP contribution is -2.34. The second-order valence-electron chi connectivity index (χ2n) is 5.49. The number of aromatic nitrogens is 2. The molecule has 7 heteroatoms. The molecule has 0 saturated heterocycles. The minimum atomic E-state index is 0.710. The molecule has 0 atom stereocenters. The van der Waals surface area contributed by atoms with Gasteiger partial charge in [-0.05, 0) is 36.6 Å². The molecule has 0 amide bonds. The molecule has 3 heterocycles. The van der Waals surface area contributed by atoms with E-state index < -0.39 is 0 Å². The Bertz CT molecular complexity index is 883. The quantitative estimate of drug-likeness (QED) is 0.780. The molecule has 1 aromatic carbocycles. The fourth-order valence-electron chi connectivity index (χ4n) is 2.92. The third-order valence-corrected chi connectivity index (χ3v) is 5.00. The smallest absolute Gasteiger partial charge is 0.149 e. The molecular weight excluding hydrogens is 342 g/mol. The number of hydrogen-bond donors (Lipinski definition) is 0. The first kappa shape index (κ1) is 15.4. The molecule has 24 heavy (non-hydrogen) atoms. The van der Waals surface area contributed by atoms with Crippen molar-refractivity contribution < 1.29 is 0 Å². The molecule has 0 bridgehead atoms. The number of fused-ring (bicyclic) bond motifs is 1. The third-order valence-electron chi connectivity index (χ3n) is 3.97. The van der Waals surface area contributed by atoms with E-state index in [1.54, 1.807) is 18.0 Å². The topological polar surface area (TPSA) is 36.7 Å². The summed E-state index contributed by atoms with van der Waals surface area (Å²) in [5, 5.41) is 9.62. The number of aliphatic imine (C=N–C) groups is 1. The number of thioether (sulfide) groups is 1. The van der Waals surface area contributed by atoms with Crippen molar-refractivity contribution in [3.8, 4) is 11.3 Å². The molecule has 2 aromatic rings. The minimum absolute atomic E-state index is 0.710. The number of halogens is 1. The minimum Gasteiger partial charge on any atom is -0.273 e. The molecule has 1 aromatic heterocycles. The zero-order chi connectivity index (χ0) is 16.7. The highest BCUT2D eigenvalue weighted by atomic mass is 35.5. The fourth-order valence-corrected chi connectivity index (χ4v) is 3.67. The van der Waals surface area contributed by atoms with Crippen LogP contribution < -0.4 is 5.01 Å². The molecule has 0 N–H and O–H groups in total. The summed E-state index contributed by atoms with van der Waals surface area (Å²) in [4.78, 5) is 5.56. The Balaban J connectivity index is 1.81. The van der Waals surface area contributed by atoms with Crippen molar-refractivity contribution in [3.63, 3.8) is 0 Å². The molecule has 2 aliphatic rings. The number of hydrogen-bond acceptors (Lipinski definition) is 5. The van der Waals surface area contributed by atoms with Gasteiger partial charge < -0.3 is 0 Å². The largest absolute Gasteiger partial charge is 0.273 e. The standard InChI is InChI=1S/C17H16ClN5S/c1-21-11-14(22-9-6-16-19-7-3-8-23(16)22)17(20-21)13-10-12(18)4-5-15(13)24-2/h3-8,10-11H,9H2,1-2H3. The van der Waals surface area contributed by atoms with Crippen molar-refractivity contribution in [3.05, 3.63) is 53.6 Å². The highest BCUT2D eigenvalue weighted by Crippen LogP contribution is 2.39. The van der Waals surface area contributed by atoms with Gasteiger partial charge in [0.1, 0.15) is 17.2 Å². The van der Waals surface area contributed by atoms with Gasteiger partial charge in [0, 0.05) is 34.9 Å². The van der Waals surface area contributed by atoms with E-state index in [1.807, 2.05) is 53.4 Å². The number of nitrogens with zero attached hydrogens (tertiary/aromatic N) is 5. The average Bonchev–Trinajstić information content (AvgIpc) is 3.18. The number of anilines is 1. The molecule has 0 fully saturated rings. The van der Waals surface area contributed by atoms with Crippen molar-refractivity contribution in [1.29, 1.82) is 0 Å². The van der Waals surface area contributed by atoms with E-state index in [1.165, 1.54) is 0 Å². The Labute approximate surface area is 149 Å². The van der Waals surface area contributed by atoms with Crippen LogP contribution in [0, 0.1) is 0 Å². The number of benzene rings is 1. The third kappa shape index (κ3) is 2.52. The first-order valence-electron chi connectivity index (χ1n) is 7.52. The van der Waals surface area contributed by atoms with E-state index >= 15 is 0 Å². The van der Waals surface area contributed by atoms with Crippen LogP contribution in [0.4, 0.5) is 5.69 Å². The van der Waals surface area contributed by atoms with Crippen molar-refractivity contribution in [1.82, 2.24) is 14.8 Å². The van der Waals surface area contributed by atoms with Gasteiger partial charge in [0.2, 0.25) is 0 Å². The Morgan fingerprint density at radius 2 is 2.17 bits per heavy atom. The zero-order valence-corrected chi connectivity index (χ0v) is 14.9. The number of rotatable bonds is 3. The fraction of sp³-hybridized carbons (Fsp3) is 0.176. The van der Waals surface area contributed by atoms with Crippen molar-refractivity contribution in [2.45, 2.75) is 4.90 Å². The Hall–Kier alpha value is -2.18. The van der Waals surface area contributed by atoms with E-state index in [0.29, 0.717) is 5.02 Å². The lowest BCUT2D eigenvalue weighted by Gasteiger charge is -2.30. The maximum atomic E-state index is 6.24. The lowest BCUT2D eigenvalue weighted by atomic mass is 10.1. The van der Waals surface area contributed by atoms with Crippen LogP contribution in [-0.4, -0.2) is 33.8 Å². The maximum Gasteiger partial charge on any atom is 0.149 e. The predicted octanol–water partition coefficient (Wildman–Crippen LogP) is 3.94. The maximum absolute atomic E-state index is 6.24. The highest BCUT2D eigenvalue weighted by molar-refractivity contribution is 7.98. The summed E-state index contributed by atoms with van der Waals surface area (Å²) >= 11 is 7.94. The van der Waals surface area contributed by atoms with Gasteiger partial charge in [0.05, 0.1) is 12.7 Å². The lowest BCUT2D eigenvalue weighted by molar-refractivity contribution is 0.462. The van der Waals surface area contributed by atoms with Crippen LogP contribution in [0.15, 0.2) is 58.5 Å². The second kappa shape index (κ2) is 6.03. The molecular formula is C17H16ClN5S. The van der Waals surface area contributed by atoms with E-state index in [-0.39, 0.29) is 0 Å². The van der Waals surface area contributed by atoms with Crippen LogP contribution in [0.5, 0.6) is 0 Å². The van der Waals surface area contributed by atoms with Crippen LogP contribution in [0.2, 0.25) is 5.02 Å². The van der Waals surface area contributed by atoms with Gasteiger partial charge in [-0.3, -0.25) is 9.69 Å². The molecule has 0 spiro atoms. The Kier molecular flexibility index (Phi) is 3.86. The number of aryl methyl sites for hydroxylation is 1. The van der Waals surface area contributed by atoms with Crippen molar-refractivity contribution >= 4 is 35.3 Å². The summed E-state index contributed by atoms with van der Waals surface area (Å²) in [6, 6.07) is 5.93. The summed E-state index contributed by atoms with van der Waals surface area (Å²) < 4.78 is 1.84. The Morgan fingerprint density at radius 3 is 3.00 bits per heavy atom. The SMILES string of the molecule is CSc1ccc(Cl)cc1-c1nn(C)cc1N1CC=C2N=CC=CN21. The highest BCUT2D eigenvalue weighted by Gasteiger charge is 2.28. The van der Waals surface area contributed by atoms with Crippen molar-refractivity contribution in [2.75, 3.05) is 17.8 Å². The van der Waals surface area contributed by atoms with E-state index in [0.717, 1.165) is 34.2 Å². The summed E-state index contributed by atoms with van der Waals surface area (Å²) in [5.41, 5.74) is 2.99. The van der Waals surface area contributed by atoms with Crippen LogP contribution in [0.3, 0.4) is 0 Å². The first-order chi connectivity index (χ1) is 11.7. The van der Waals surface area contributed by atoms with E-state index in [4.69, 9.17) is 16.7 Å². The summed E-state index contributed by atoms with van der Waals surface area (Å²) in [6.07, 6.45) is 11.9. The van der Waals surface area contributed by atoms with Gasteiger partial charge in [-0.25, -0.2) is 10.0 Å². The van der Waals surface area contributed by atoms with E-state index in [9.17, 15) is 0 Å². The molecule has 4 rings (SSSR count). The monoisotopic (exact) mass is 357 g/mol. The average molecular weight is 358 g/mol. The van der Waals surface area contributed by atoms with Crippen molar-refractivity contribution in [2.24, 2.45) is 12.0 Å².